The van der Waals surface area contributed by atoms with Crippen LogP contribution in [0.5, 0.6) is 0 Å². The van der Waals surface area contributed by atoms with Crippen molar-refractivity contribution in [1.29, 1.82) is 0 Å². The first-order chi connectivity index (χ1) is 8.73. The first-order valence-corrected chi connectivity index (χ1v) is 6.67. The summed E-state index contributed by atoms with van der Waals surface area (Å²) in [5.74, 6) is 0.0760. The summed E-state index contributed by atoms with van der Waals surface area (Å²) in [5, 5.41) is 0. The van der Waals surface area contributed by atoms with Crippen molar-refractivity contribution >= 4 is 12.9 Å². The predicted octanol–water partition coefficient (Wildman–Crippen LogP) is 3.06. The molecule has 0 unspecified atom stereocenters. The lowest BCUT2D eigenvalue weighted by atomic mass is 9.79. The van der Waals surface area contributed by atoms with Gasteiger partial charge in [-0.05, 0) is 40.2 Å². The number of carbonyl (C=O) groups is 1. The average Bonchev–Trinajstić information content (AvgIpc) is 2.47. The highest BCUT2D eigenvalue weighted by Crippen LogP contribution is 2.37. The minimum atomic E-state index is -0.331. The van der Waals surface area contributed by atoms with Crippen LogP contribution in [-0.4, -0.2) is 24.1 Å². The van der Waals surface area contributed by atoms with E-state index >= 15 is 0 Å². The van der Waals surface area contributed by atoms with Gasteiger partial charge >= 0.3 is 7.12 Å². The molecule has 4 heteroatoms. The Morgan fingerprint density at radius 2 is 1.63 bits per heavy atom. The zero-order valence-electron chi connectivity index (χ0n) is 12.3. The van der Waals surface area contributed by atoms with Crippen LogP contribution in [0.25, 0.3) is 0 Å². The molecule has 2 rings (SSSR count). The molecule has 0 spiro atoms. The van der Waals surface area contributed by atoms with E-state index in [-0.39, 0.29) is 24.1 Å². The second-order valence-electron chi connectivity index (χ2n) is 6.10. The summed E-state index contributed by atoms with van der Waals surface area (Å²) in [6.07, 6.45) is 0.600. The minimum Gasteiger partial charge on any atom is -0.403 e. The molecule has 0 aromatic heterocycles. The number of hydrogen-bond acceptors (Lipinski definition) is 3. The summed E-state index contributed by atoms with van der Waals surface area (Å²) >= 11 is 0. The van der Waals surface area contributed by atoms with Gasteiger partial charge in [0.2, 0.25) is 0 Å². The van der Waals surface area contributed by atoms with Crippen molar-refractivity contribution in [1.82, 2.24) is 0 Å². The van der Waals surface area contributed by atoms with Crippen LogP contribution in [0.4, 0.5) is 0 Å². The van der Waals surface area contributed by atoms with Crippen LogP contribution >= 0.6 is 0 Å². The van der Waals surface area contributed by atoms with E-state index in [1.807, 2.05) is 52.0 Å². The highest BCUT2D eigenvalue weighted by molar-refractivity contribution is 6.45. The van der Waals surface area contributed by atoms with Gasteiger partial charge in [-0.15, -0.1) is 0 Å². The highest BCUT2D eigenvalue weighted by atomic mass is 16.7. The van der Waals surface area contributed by atoms with Crippen molar-refractivity contribution in [2.45, 2.75) is 52.1 Å². The molecule has 102 valence electrons. The number of hydrogen-bond donors (Lipinski definition) is 0. The first-order valence-electron chi connectivity index (χ1n) is 6.67. The first kappa shape index (κ1) is 14.3. The fraction of sp³-hybridized carbons (Fsp3) is 0.533. The Balaban J connectivity index is 2.18. The molecule has 19 heavy (non-hydrogen) atoms. The normalized spacial score (nSPS) is 20.6. The van der Waals surface area contributed by atoms with Gasteiger partial charge in [-0.3, -0.25) is 4.79 Å². The standard InChI is InChI=1S/C15H21BO3/c1-11(17)13-9-7-6-8-12(13)10-16-18-14(2,3)15(4,5)19-16/h6-9H,10H2,1-5H3. The summed E-state index contributed by atoms with van der Waals surface area (Å²) in [6, 6.07) is 7.63. The van der Waals surface area contributed by atoms with Crippen molar-refractivity contribution in [2.24, 2.45) is 0 Å². The lowest BCUT2D eigenvalue weighted by Gasteiger charge is -2.32. The van der Waals surface area contributed by atoms with Crippen LogP contribution in [0, 0.1) is 0 Å². The third-order valence-electron chi connectivity index (χ3n) is 4.09. The molecule has 0 atom stereocenters. The monoisotopic (exact) mass is 260 g/mol. The quantitative estimate of drug-likeness (QED) is 0.619. The van der Waals surface area contributed by atoms with Gasteiger partial charge in [0.05, 0.1) is 11.2 Å². The third-order valence-corrected chi connectivity index (χ3v) is 4.09. The van der Waals surface area contributed by atoms with Gasteiger partial charge in [-0.2, -0.15) is 0 Å². The summed E-state index contributed by atoms with van der Waals surface area (Å²) in [6.45, 7) is 9.71. The van der Waals surface area contributed by atoms with Crippen LogP contribution in [0.15, 0.2) is 24.3 Å². The molecule has 0 aliphatic carbocycles. The molecule has 1 aliphatic rings. The van der Waals surface area contributed by atoms with Crippen molar-refractivity contribution < 1.29 is 14.1 Å². The van der Waals surface area contributed by atoms with Crippen LogP contribution < -0.4 is 0 Å². The van der Waals surface area contributed by atoms with Gasteiger partial charge in [0.1, 0.15) is 0 Å². The largest absolute Gasteiger partial charge is 0.462 e. The fourth-order valence-corrected chi connectivity index (χ4v) is 2.27. The maximum Gasteiger partial charge on any atom is 0.462 e. The molecule has 0 radical (unpaired) electrons. The van der Waals surface area contributed by atoms with Gasteiger partial charge in [0, 0.05) is 11.9 Å². The molecule has 1 saturated heterocycles. The Labute approximate surface area is 115 Å². The molecule has 1 aromatic carbocycles. The number of rotatable bonds is 3. The third kappa shape index (κ3) is 2.75. The molecule has 0 amide bonds. The van der Waals surface area contributed by atoms with Gasteiger partial charge in [0.25, 0.3) is 0 Å². The van der Waals surface area contributed by atoms with E-state index in [1.54, 1.807) is 6.92 Å². The number of Topliss-reactive ketones (excluding diaryl/α,β-unsaturated/α-hetero) is 1. The maximum atomic E-state index is 11.6. The Bertz CT molecular complexity index is 478. The second kappa shape index (κ2) is 4.76. The van der Waals surface area contributed by atoms with E-state index in [0.29, 0.717) is 6.32 Å². The molecule has 1 heterocycles. The van der Waals surface area contributed by atoms with E-state index in [9.17, 15) is 4.79 Å². The SMILES string of the molecule is CC(=O)c1ccccc1CB1OC(C)(C)C(C)(C)O1. The van der Waals surface area contributed by atoms with E-state index in [1.165, 1.54) is 0 Å². The van der Waals surface area contributed by atoms with Gasteiger partial charge in [-0.1, -0.05) is 24.3 Å². The second-order valence-corrected chi connectivity index (χ2v) is 6.10. The minimum absolute atomic E-state index is 0.0760. The molecule has 0 saturated carbocycles. The molecule has 1 fully saturated rings. The average molecular weight is 260 g/mol. The molecular formula is C15H21BO3. The number of benzene rings is 1. The van der Waals surface area contributed by atoms with Gasteiger partial charge in [-0.25, -0.2) is 0 Å². The Kier molecular flexibility index (Phi) is 3.58. The maximum absolute atomic E-state index is 11.6. The van der Waals surface area contributed by atoms with E-state index in [4.69, 9.17) is 9.31 Å². The fourth-order valence-electron chi connectivity index (χ4n) is 2.27. The van der Waals surface area contributed by atoms with Crippen LogP contribution in [0.2, 0.25) is 0 Å². The summed E-state index contributed by atoms with van der Waals surface area (Å²) in [4.78, 5) is 11.6. The Morgan fingerprint density at radius 3 is 2.16 bits per heavy atom. The van der Waals surface area contributed by atoms with Crippen LogP contribution in [-0.2, 0) is 15.6 Å². The van der Waals surface area contributed by atoms with E-state index in [0.717, 1.165) is 11.1 Å². The van der Waals surface area contributed by atoms with E-state index in [2.05, 4.69) is 0 Å². The summed E-state index contributed by atoms with van der Waals surface area (Å²) in [7, 11) is -0.300. The molecular weight excluding hydrogens is 239 g/mol. The zero-order chi connectivity index (χ0) is 14.3. The lowest BCUT2D eigenvalue weighted by molar-refractivity contribution is 0.00578. The predicted molar refractivity (Wildman–Crippen MR) is 76.2 cm³/mol. The Morgan fingerprint density at radius 1 is 1.11 bits per heavy atom. The smallest absolute Gasteiger partial charge is 0.403 e. The number of carbonyl (C=O) groups excluding carboxylic acids is 1. The highest BCUT2D eigenvalue weighted by Gasteiger charge is 2.50. The van der Waals surface area contributed by atoms with Crippen molar-refractivity contribution in [3.8, 4) is 0 Å². The molecule has 0 N–H and O–H groups in total. The summed E-state index contributed by atoms with van der Waals surface area (Å²) < 4.78 is 11.9. The molecule has 1 aliphatic heterocycles. The van der Waals surface area contributed by atoms with Crippen molar-refractivity contribution in [3.63, 3.8) is 0 Å². The molecule has 1 aromatic rings. The molecule has 3 nitrogen and oxygen atoms in total. The van der Waals surface area contributed by atoms with Gasteiger partial charge < -0.3 is 9.31 Å². The van der Waals surface area contributed by atoms with Crippen molar-refractivity contribution in [3.05, 3.63) is 35.4 Å². The Hall–Kier alpha value is -1.13. The van der Waals surface area contributed by atoms with Crippen LogP contribution in [0.1, 0.15) is 50.5 Å². The lowest BCUT2D eigenvalue weighted by Crippen LogP contribution is -2.41. The van der Waals surface area contributed by atoms with E-state index < -0.39 is 0 Å². The van der Waals surface area contributed by atoms with Crippen LogP contribution in [0.3, 0.4) is 0 Å². The van der Waals surface area contributed by atoms with Crippen molar-refractivity contribution in [2.75, 3.05) is 0 Å². The van der Waals surface area contributed by atoms with Gasteiger partial charge in [0.15, 0.2) is 5.78 Å². The molecule has 0 bridgehead atoms. The summed E-state index contributed by atoms with van der Waals surface area (Å²) in [5.41, 5.74) is 1.07. The topological polar surface area (TPSA) is 35.5 Å². The zero-order valence-corrected chi connectivity index (χ0v) is 12.3. The number of ketones is 1.